The molecule has 1 fully saturated rings. The van der Waals surface area contributed by atoms with Crippen molar-refractivity contribution in [3.05, 3.63) is 63.6 Å². The summed E-state index contributed by atoms with van der Waals surface area (Å²) in [4.78, 5) is 60.4. The third-order valence-electron chi connectivity index (χ3n) is 9.31. The van der Waals surface area contributed by atoms with Crippen molar-refractivity contribution in [2.45, 2.75) is 104 Å². The third kappa shape index (κ3) is 11.0. The molecule has 1 aliphatic heterocycles. The number of carboxylic acid groups (broad SMARTS) is 1. The first-order valence-corrected chi connectivity index (χ1v) is 17.7. The summed E-state index contributed by atoms with van der Waals surface area (Å²) in [6, 6.07) is 8.15. The number of piperidine rings is 1. The Morgan fingerprint density at radius 3 is 2.45 bits per heavy atom. The van der Waals surface area contributed by atoms with Crippen LogP contribution in [0, 0.1) is 11.8 Å². The Labute approximate surface area is 284 Å². The molecule has 1 aromatic carbocycles. The van der Waals surface area contributed by atoms with E-state index in [1.54, 1.807) is 16.4 Å². The van der Waals surface area contributed by atoms with Crippen molar-refractivity contribution in [1.82, 2.24) is 25.4 Å². The lowest BCUT2D eigenvalue weighted by Crippen LogP contribution is -2.57. The fraction of sp³-hybridized carbons (Fsp3) is 0.583. The van der Waals surface area contributed by atoms with Crippen molar-refractivity contribution in [2.24, 2.45) is 11.8 Å². The number of amides is 3. The van der Waals surface area contributed by atoms with E-state index in [2.05, 4.69) is 34.4 Å². The van der Waals surface area contributed by atoms with Crippen LogP contribution in [0.15, 0.2) is 47.4 Å². The number of hydrogen-bond donors (Lipinski definition) is 3. The van der Waals surface area contributed by atoms with E-state index in [4.69, 9.17) is 0 Å². The number of aliphatic carboxylic acids is 1. The van der Waals surface area contributed by atoms with Gasteiger partial charge >= 0.3 is 5.97 Å². The fourth-order valence-corrected chi connectivity index (χ4v) is 6.93. The van der Waals surface area contributed by atoms with Gasteiger partial charge in [-0.2, -0.15) is 0 Å². The van der Waals surface area contributed by atoms with Gasteiger partial charge in [0.25, 0.3) is 5.91 Å². The number of benzene rings is 1. The van der Waals surface area contributed by atoms with Crippen LogP contribution in [-0.4, -0.2) is 88.4 Å². The molecule has 3 amide bonds. The van der Waals surface area contributed by atoms with Crippen LogP contribution in [0.2, 0.25) is 0 Å². The average Bonchev–Trinajstić information content (AvgIpc) is 3.52. The highest BCUT2D eigenvalue weighted by molar-refractivity contribution is 7.09. The monoisotopic (exact) mass is 667 g/mol. The first kappa shape index (κ1) is 37.9. The Balaban J connectivity index is 1.67. The molecule has 3 rings (SSSR count). The maximum Gasteiger partial charge on any atom is 0.331 e. The zero-order valence-electron chi connectivity index (χ0n) is 29.0. The van der Waals surface area contributed by atoms with E-state index in [9.17, 15) is 24.3 Å². The largest absolute Gasteiger partial charge is 0.478 e. The second kappa shape index (κ2) is 18.1. The number of thiazole rings is 1. The summed E-state index contributed by atoms with van der Waals surface area (Å²) in [5.41, 5.74) is 1.41. The van der Waals surface area contributed by atoms with Gasteiger partial charge in [-0.05, 0) is 63.6 Å². The van der Waals surface area contributed by atoms with Gasteiger partial charge in [0.2, 0.25) is 11.8 Å². The number of nitrogens with one attached hydrogen (secondary N) is 2. The number of carbonyl (C=O) groups is 4. The van der Waals surface area contributed by atoms with Crippen molar-refractivity contribution < 1.29 is 24.3 Å². The van der Waals surface area contributed by atoms with Crippen LogP contribution in [0.5, 0.6) is 0 Å². The molecular weight excluding hydrogens is 614 g/mol. The second-order valence-electron chi connectivity index (χ2n) is 13.2. The summed E-state index contributed by atoms with van der Waals surface area (Å²) < 4.78 is 0. The molecule has 3 N–H and O–H groups in total. The highest BCUT2D eigenvalue weighted by Gasteiger charge is 2.35. The molecule has 1 aromatic heterocycles. The summed E-state index contributed by atoms with van der Waals surface area (Å²) in [6.07, 6.45) is 6.89. The molecular formula is C36H53N5O5S. The zero-order valence-corrected chi connectivity index (χ0v) is 29.8. The van der Waals surface area contributed by atoms with Crippen molar-refractivity contribution in [3.63, 3.8) is 0 Å². The summed E-state index contributed by atoms with van der Waals surface area (Å²) >= 11 is 1.39. The minimum atomic E-state index is -1.04. The van der Waals surface area contributed by atoms with Crippen LogP contribution in [-0.2, 0) is 27.2 Å². The molecule has 0 spiro atoms. The van der Waals surface area contributed by atoms with Gasteiger partial charge in [0.1, 0.15) is 11.7 Å². The number of hydrogen-bond acceptors (Lipinski definition) is 7. The minimum Gasteiger partial charge on any atom is -0.478 e. The second-order valence-corrected chi connectivity index (χ2v) is 14.2. The topological polar surface area (TPSA) is 132 Å². The number of aryl methyl sites for hydroxylation is 1. The Morgan fingerprint density at radius 1 is 1.13 bits per heavy atom. The smallest absolute Gasteiger partial charge is 0.331 e. The van der Waals surface area contributed by atoms with E-state index in [1.807, 2.05) is 58.3 Å². The van der Waals surface area contributed by atoms with Crippen LogP contribution in [0.3, 0.4) is 0 Å². The van der Waals surface area contributed by atoms with E-state index >= 15 is 0 Å². The molecule has 1 unspecified atom stereocenters. The molecule has 0 radical (unpaired) electrons. The molecule has 47 heavy (non-hydrogen) atoms. The lowest BCUT2D eigenvalue weighted by molar-refractivity contribution is -0.140. The molecule has 2 heterocycles. The first-order chi connectivity index (χ1) is 22.3. The molecule has 258 valence electrons. The molecule has 11 heteroatoms. The SMILES string of the molecule is CCC(C)[C@H](NC(=O)[C@H]1CCCCN1C)C(=O)N(C)[C@H](CCc1nc(C(=O)N[C@H](/C=C(\C)C(=O)O)Cc2ccccc2)cs1)C(C)C. The number of likely N-dealkylation sites (N-methyl/N-ethyl adjacent to an activating group) is 2. The molecule has 10 nitrogen and oxygen atoms in total. The van der Waals surface area contributed by atoms with Gasteiger partial charge in [-0.3, -0.25) is 19.3 Å². The third-order valence-corrected chi connectivity index (χ3v) is 10.2. The molecule has 1 aliphatic rings. The minimum absolute atomic E-state index is 0.0181. The highest BCUT2D eigenvalue weighted by Crippen LogP contribution is 2.22. The Kier molecular flexibility index (Phi) is 14.6. The number of carboxylic acids is 1. The number of carbonyl (C=O) groups excluding carboxylic acids is 3. The fourth-order valence-electron chi connectivity index (χ4n) is 6.13. The summed E-state index contributed by atoms with van der Waals surface area (Å²) in [7, 11) is 3.79. The molecule has 1 saturated heterocycles. The average molecular weight is 668 g/mol. The maximum atomic E-state index is 13.9. The molecule has 0 aliphatic carbocycles. The van der Waals surface area contributed by atoms with Crippen molar-refractivity contribution in [1.29, 1.82) is 0 Å². The van der Waals surface area contributed by atoms with Crippen molar-refractivity contribution in [2.75, 3.05) is 20.6 Å². The van der Waals surface area contributed by atoms with E-state index in [-0.39, 0.29) is 52.9 Å². The number of aromatic nitrogens is 1. The van der Waals surface area contributed by atoms with E-state index in [0.717, 1.165) is 42.8 Å². The number of rotatable bonds is 16. The summed E-state index contributed by atoms with van der Waals surface area (Å²) in [5, 5.41) is 18.0. The Bertz CT molecular complexity index is 1380. The van der Waals surface area contributed by atoms with E-state index in [0.29, 0.717) is 19.3 Å². The molecule has 2 aromatic rings. The van der Waals surface area contributed by atoms with Crippen LogP contribution in [0.25, 0.3) is 0 Å². The van der Waals surface area contributed by atoms with Gasteiger partial charge in [-0.1, -0.05) is 76.9 Å². The van der Waals surface area contributed by atoms with Gasteiger partial charge in [0.05, 0.1) is 17.1 Å². The predicted octanol–water partition coefficient (Wildman–Crippen LogP) is 4.95. The summed E-state index contributed by atoms with van der Waals surface area (Å²) in [6.45, 7) is 10.6. The van der Waals surface area contributed by atoms with Gasteiger partial charge in [0.15, 0.2) is 0 Å². The Hall–Kier alpha value is -3.57. The standard InChI is InChI=1S/C36H53N5O5S/c1-8-24(4)32(39-34(43)30-16-12-13-19-40(30)6)35(44)41(7)29(23(2)3)17-18-31-38-28(22-47-31)33(42)37-27(20-25(5)36(45)46)21-26-14-10-9-11-15-26/h9-11,14-15,20,22-24,27,29-30,32H,8,12-13,16-19,21H2,1-7H3,(H,37,42)(H,39,43)(H,45,46)/b25-20+/t24?,27-,29-,30-,32+/m1/s1. The van der Waals surface area contributed by atoms with Gasteiger partial charge in [-0.25, -0.2) is 9.78 Å². The first-order valence-electron chi connectivity index (χ1n) is 16.8. The van der Waals surface area contributed by atoms with E-state index in [1.165, 1.54) is 18.3 Å². The van der Waals surface area contributed by atoms with Crippen molar-refractivity contribution in [3.8, 4) is 0 Å². The van der Waals surface area contributed by atoms with Crippen molar-refractivity contribution >= 4 is 35.0 Å². The van der Waals surface area contributed by atoms with Gasteiger partial charge < -0.3 is 20.6 Å². The van der Waals surface area contributed by atoms with Crippen LogP contribution >= 0.6 is 11.3 Å². The van der Waals surface area contributed by atoms with Crippen LogP contribution in [0.4, 0.5) is 0 Å². The van der Waals surface area contributed by atoms with Crippen LogP contribution in [0.1, 0.15) is 87.8 Å². The van der Waals surface area contributed by atoms with Gasteiger partial charge in [0, 0.05) is 30.5 Å². The quantitative estimate of drug-likeness (QED) is 0.216. The van der Waals surface area contributed by atoms with E-state index < -0.39 is 18.1 Å². The highest BCUT2D eigenvalue weighted by atomic mass is 32.1. The van der Waals surface area contributed by atoms with Crippen LogP contribution < -0.4 is 10.6 Å². The maximum absolute atomic E-state index is 13.9. The lowest BCUT2D eigenvalue weighted by atomic mass is 9.93. The predicted molar refractivity (Wildman–Crippen MR) is 186 cm³/mol. The zero-order chi connectivity index (χ0) is 34.7. The molecule has 0 bridgehead atoms. The normalized spacial score (nSPS) is 18.2. The number of nitrogens with zero attached hydrogens (tertiary/aromatic N) is 3. The molecule has 0 saturated carbocycles. The number of likely N-dealkylation sites (tertiary alicyclic amines) is 1. The lowest BCUT2D eigenvalue weighted by Gasteiger charge is -2.37. The Morgan fingerprint density at radius 2 is 1.83 bits per heavy atom. The van der Waals surface area contributed by atoms with Gasteiger partial charge in [-0.15, -0.1) is 11.3 Å². The molecule has 5 atom stereocenters. The summed E-state index contributed by atoms with van der Waals surface area (Å²) in [5.74, 6) is -1.42.